The number of benzene rings is 1. The molecule has 3 atom stereocenters. The Labute approximate surface area is 141 Å². The van der Waals surface area contributed by atoms with E-state index in [0.29, 0.717) is 11.8 Å². The van der Waals surface area contributed by atoms with Crippen molar-refractivity contribution in [2.24, 2.45) is 5.92 Å². The Morgan fingerprint density at radius 1 is 1.19 bits per heavy atom. The number of nitrogens with one attached hydrogen (secondary N) is 1. The predicted octanol–water partition coefficient (Wildman–Crippen LogP) is 6.15. The SMILES string of the molecule is CCC(C)C(c1ccccc1)C(NC)c1cc(Cl)sc1Cl. The third kappa shape index (κ3) is 3.81. The van der Waals surface area contributed by atoms with Gasteiger partial charge in [-0.2, -0.15) is 0 Å². The molecular formula is C17H21Cl2NS. The molecular weight excluding hydrogens is 321 g/mol. The maximum absolute atomic E-state index is 6.39. The molecule has 0 spiro atoms. The minimum absolute atomic E-state index is 0.165. The highest BCUT2D eigenvalue weighted by atomic mass is 35.5. The van der Waals surface area contributed by atoms with E-state index in [-0.39, 0.29) is 6.04 Å². The Morgan fingerprint density at radius 3 is 2.33 bits per heavy atom. The van der Waals surface area contributed by atoms with Crippen molar-refractivity contribution in [2.45, 2.75) is 32.2 Å². The highest BCUT2D eigenvalue weighted by Crippen LogP contribution is 2.43. The number of hydrogen-bond acceptors (Lipinski definition) is 2. The Balaban J connectivity index is 2.45. The first-order valence-electron chi connectivity index (χ1n) is 7.25. The van der Waals surface area contributed by atoms with Gasteiger partial charge in [0.1, 0.15) is 0 Å². The van der Waals surface area contributed by atoms with Crippen LogP contribution < -0.4 is 5.32 Å². The van der Waals surface area contributed by atoms with E-state index >= 15 is 0 Å². The van der Waals surface area contributed by atoms with Crippen LogP contribution in [0.2, 0.25) is 8.67 Å². The normalized spacial score (nSPS) is 15.7. The molecule has 0 amide bonds. The lowest BCUT2D eigenvalue weighted by atomic mass is 9.78. The van der Waals surface area contributed by atoms with Crippen LogP contribution in [0.15, 0.2) is 36.4 Å². The van der Waals surface area contributed by atoms with Gasteiger partial charge < -0.3 is 5.32 Å². The van der Waals surface area contributed by atoms with Gasteiger partial charge in [-0.3, -0.25) is 0 Å². The summed E-state index contributed by atoms with van der Waals surface area (Å²) in [7, 11) is 1.99. The number of thiophene rings is 1. The standard InChI is InChI=1S/C17H21Cl2NS/c1-4-11(2)15(12-8-6-5-7-9-12)16(20-3)13-10-14(18)21-17(13)19/h5-11,15-16,20H,4H2,1-3H3. The lowest BCUT2D eigenvalue weighted by Crippen LogP contribution is -2.27. The summed E-state index contributed by atoms with van der Waals surface area (Å²) in [6.45, 7) is 4.53. The van der Waals surface area contributed by atoms with Gasteiger partial charge in [0.15, 0.2) is 0 Å². The molecule has 0 saturated heterocycles. The van der Waals surface area contributed by atoms with Crippen LogP contribution in [-0.4, -0.2) is 7.05 Å². The third-order valence-corrected chi connectivity index (χ3v) is 5.65. The maximum Gasteiger partial charge on any atom is 0.0992 e. The minimum Gasteiger partial charge on any atom is -0.312 e. The van der Waals surface area contributed by atoms with Gasteiger partial charge in [-0.15, -0.1) is 11.3 Å². The van der Waals surface area contributed by atoms with Crippen molar-refractivity contribution in [2.75, 3.05) is 7.05 Å². The topological polar surface area (TPSA) is 12.0 Å². The van der Waals surface area contributed by atoms with Crippen molar-refractivity contribution < 1.29 is 0 Å². The van der Waals surface area contributed by atoms with Crippen molar-refractivity contribution in [1.29, 1.82) is 0 Å². The van der Waals surface area contributed by atoms with Crippen LogP contribution in [0.5, 0.6) is 0 Å². The zero-order chi connectivity index (χ0) is 15.4. The first kappa shape index (κ1) is 16.8. The highest BCUT2D eigenvalue weighted by Gasteiger charge is 2.30. The van der Waals surface area contributed by atoms with E-state index in [1.807, 2.05) is 13.1 Å². The van der Waals surface area contributed by atoms with Gasteiger partial charge in [0.05, 0.1) is 8.67 Å². The molecule has 0 saturated carbocycles. The molecule has 4 heteroatoms. The zero-order valence-electron chi connectivity index (χ0n) is 12.6. The van der Waals surface area contributed by atoms with Crippen LogP contribution in [0.25, 0.3) is 0 Å². The Hall–Kier alpha value is -0.540. The van der Waals surface area contributed by atoms with E-state index in [0.717, 1.165) is 20.7 Å². The van der Waals surface area contributed by atoms with Crippen molar-refractivity contribution in [3.8, 4) is 0 Å². The summed E-state index contributed by atoms with van der Waals surface area (Å²) >= 11 is 14.0. The van der Waals surface area contributed by atoms with Crippen molar-refractivity contribution in [3.63, 3.8) is 0 Å². The van der Waals surface area contributed by atoms with Gasteiger partial charge in [0.25, 0.3) is 0 Å². The second-order valence-electron chi connectivity index (χ2n) is 5.37. The molecule has 1 heterocycles. The summed E-state index contributed by atoms with van der Waals surface area (Å²) in [5, 5.41) is 3.45. The van der Waals surface area contributed by atoms with Crippen molar-refractivity contribution in [3.05, 3.63) is 56.2 Å². The highest BCUT2D eigenvalue weighted by molar-refractivity contribution is 7.20. The number of hydrogen-bond donors (Lipinski definition) is 1. The van der Waals surface area contributed by atoms with E-state index in [1.165, 1.54) is 16.9 Å². The smallest absolute Gasteiger partial charge is 0.0992 e. The first-order chi connectivity index (χ1) is 10.1. The van der Waals surface area contributed by atoms with Crippen molar-refractivity contribution >= 4 is 34.5 Å². The molecule has 2 rings (SSSR count). The van der Waals surface area contributed by atoms with E-state index in [4.69, 9.17) is 23.2 Å². The molecule has 0 radical (unpaired) electrons. The molecule has 3 unspecified atom stereocenters. The summed E-state index contributed by atoms with van der Waals surface area (Å²) in [5.74, 6) is 0.906. The summed E-state index contributed by atoms with van der Waals surface area (Å²) in [6, 6.07) is 12.8. The third-order valence-electron chi connectivity index (χ3n) is 4.13. The summed E-state index contributed by atoms with van der Waals surface area (Å²) < 4.78 is 1.52. The van der Waals surface area contributed by atoms with Gasteiger partial charge in [-0.1, -0.05) is 73.8 Å². The molecule has 0 aliphatic carbocycles. The maximum atomic E-state index is 6.39. The van der Waals surface area contributed by atoms with E-state index in [2.05, 4.69) is 49.5 Å². The number of likely N-dealkylation sites (N-methyl/N-ethyl adjacent to an activating group) is 1. The average molecular weight is 342 g/mol. The molecule has 1 aromatic carbocycles. The molecule has 1 N–H and O–H groups in total. The lowest BCUT2D eigenvalue weighted by Gasteiger charge is -2.32. The fourth-order valence-electron chi connectivity index (χ4n) is 2.87. The van der Waals surface area contributed by atoms with Gasteiger partial charge >= 0.3 is 0 Å². The molecule has 0 bridgehead atoms. The van der Waals surface area contributed by atoms with Gasteiger partial charge in [-0.25, -0.2) is 0 Å². The monoisotopic (exact) mass is 341 g/mol. The van der Waals surface area contributed by atoms with Crippen LogP contribution in [0.4, 0.5) is 0 Å². The fraction of sp³-hybridized carbons (Fsp3) is 0.412. The van der Waals surface area contributed by atoms with E-state index < -0.39 is 0 Å². The average Bonchev–Trinajstić information content (AvgIpc) is 2.83. The summed E-state index contributed by atoms with van der Waals surface area (Å²) in [5.41, 5.74) is 2.44. The first-order valence-corrected chi connectivity index (χ1v) is 8.82. The number of rotatable bonds is 6. The van der Waals surface area contributed by atoms with E-state index in [9.17, 15) is 0 Å². The quantitative estimate of drug-likeness (QED) is 0.664. The number of halogens is 2. The molecule has 1 aromatic heterocycles. The molecule has 0 fully saturated rings. The van der Waals surface area contributed by atoms with Crippen LogP contribution >= 0.6 is 34.5 Å². The second kappa shape index (κ2) is 7.64. The second-order valence-corrected chi connectivity index (χ2v) is 7.65. The largest absolute Gasteiger partial charge is 0.312 e. The molecule has 114 valence electrons. The summed E-state index contributed by atoms with van der Waals surface area (Å²) in [4.78, 5) is 0. The molecule has 21 heavy (non-hydrogen) atoms. The van der Waals surface area contributed by atoms with Crippen LogP contribution in [0, 0.1) is 5.92 Å². The van der Waals surface area contributed by atoms with Crippen molar-refractivity contribution in [1.82, 2.24) is 5.32 Å². The minimum atomic E-state index is 0.165. The molecule has 1 nitrogen and oxygen atoms in total. The van der Waals surface area contributed by atoms with Crippen LogP contribution in [0.1, 0.15) is 43.4 Å². The molecule has 2 aromatic rings. The van der Waals surface area contributed by atoms with Gasteiger partial charge in [0.2, 0.25) is 0 Å². The lowest BCUT2D eigenvalue weighted by molar-refractivity contribution is 0.355. The Kier molecular flexibility index (Phi) is 6.12. The Morgan fingerprint density at radius 2 is 1.86 bits per heavy atom. The van der Waals surface area contributed by atoms with Crippen LogP contribution in [0.3, 0.4) is 0 Å². The van der Waals surface area contributed by atoms with E-state index in [1.54, 1.807) is 0 Å². The fourth-order valence-corrected chi connectivity index (χ4v) is 4.42. The molecule has 0 aliphatic heterocycles. The van der Waals surface area contributed by atoms with Gasteiger partial charge in [-0.05, 0) is 24.6 Å². The Bertz CT molecular complexity index is 567. The summed E-state index contributed by atoms with van der Waals surface area (Å²) in [6.07, 6.45) is 1.12. The zero-order valence-corrected chi connectivity index (χ0v) is 14.9. The van der Waals surface area contributed by atoms with Crippen LogP contribution in [-0.2, 0) is 0 Å². The molecule has 0 aliphatic rings. The van der Waals surface area contributed by atoms with Gasteiger partial charge in [0, 0.05) is 17.5 Å². The predicted molar refractivity (Wildman–Crippen MR) is 94.8 cm³/mol.